The van der Waals surface area contributed by atoms with Gasteiger partial charge in [0.1, 0.15) is 5.69 Å². The molecule has 26 heavy (non-hydrogen) atoms. The number of hydrogen-bond acceptors (Lipinski definition) is 6. The molecule has 1 amide bonds. The Kier molecular flexibility index (Phi) is 8.21. The Morgan fingerprint density at radius 1 is 1.35 bits per heavy atom. The van der Waals surface area contributed by atoms with E-state index in [0.717, 1.165) is 32.7 Å². The molecule has 0 spiro atoms. The van der Waals surface area contributed by atoms with Crippen molar-refractivity contribution in [2.75, 3.05) is 46.6 Å². The highest BCUT2D eigenvalue weighted by Crippen LogP contribution is 2.13. The van der Waals surface area contributed by atoms with Crippen molar-refractivity contribution in [2.24, 2.45) is 5.92 Å². The van der Waals surface area contributed by atoms with Crippen LogP contribution in [0.4, 0.5) is 0 Å². The number of nitrogens with zero attached hydrogens (tertiary/aromatic N) is 3. The highest BCUT2D eigenvalue weighted by molar-refractivity contribution is 5.92. The van der Waals surface area contributed by atoms with Gasteiger partial charge in [0.05, 0.1) is 26.4 Å². The number of hydrogen-bond donors (Lipinski definition) is 1. The second-order valence-electron chi connectivity index (χ2n) is 6.91. The topological polar surface area (TPSA) is 85.7 Å². The van der Waals surface area contributed by atoms with Crippen LogP contribution in [0.1, 0.15) is 30.8 Å². The standard InChI is InChI=1S/C18H30N4O4/c1-14(2)12-15(21-6-10-26-11-7-21)13-19-18(24)16-4-5-17(23)22(20-16)8-9-25-3/h4-5,14-15H,6-13H2,1-3H3,(H,19,24)/t15-/m0/s1. The third-order valence-corrected chi connectivity index (χ3v) is 4.41. The molecule has 0 radical (unpaired) electrons. The number of morpholine rings is 1. The van der Waals surface area contributed by atoms with Gasteiger partial charge in [-0.25, -0.2) is 4.68 Å². The minimum absolute atomic E-state index is 0.242. The largest absolute Gasteiger partial charge is 0.383 e. The van der Waals surface area contributed by atoms with Crippen LogP contribution in [0, 0.1) is 5.92 Å². The van der Waals surface area contributed by atoms with Gasteiger partial charge in [-0.15, -0.1) is 0 Å². The van der Waals surface area contributed by atoms with Crippen LogP contribution in [0.5, 0.6) is 0 Å². The number of carbonyl (C=O) groups excluding carboxylic acids is 1. The zero-order chi connectivity index (χ0) is 18.9. The number of rotatable bonds is 9. The number of ether oxygens (including phenoxy) is 2. The Labute approximate surface area is 154 Å². The van der Waals surface area contributed by atoms with Crippen molar-refractivity contribution in [1.29, 1.82) is 0 Å². The normalized spacial score (nSPS) is 16.6. The van der Waals surface area contributed by atoms with Crippen molar-refractivity contribution in [2.45, 2.75) is 32.9 Å². The summed E-state index contributed by atoms with van der Waals surface area (Å²) in [5.41, 5.74) is -0.00409. The minimum atomic E-state index is -0.266. The predicted octanol–water partition coefficient (Wildman–Crippen LogP) is 0.366. The lowest BCUT2D eigenvalue weighted by Crippen LogP contribution is -2.49. The first kappa shape index (κ1) is 20.5. The van der Waals surface area contributed by atoms with Crippen LogP contribution in [0.3, 0.4) is 0 Å². The second-order valence-corrected chi connectivity index (χ2v) is 6.91. The lowest BCUT2D eigenvalue weighted by molar-refractivity contribution is 0.0124. The van der Waals surface area contributed by atoms with Gasteiger partial charge >= 0.3 is 0 Å². The maximum Gasteiger partial charge on any atom is 0.271 e. The average Bonchev–Trinajstić information content (AvgIpc) is 2.64. The molecule has 1 aliphatic heterocycles. The third kappa shape index (κ3) is 6.19. The molecule has 146 valence electrons. The molecule has 1 aromatic rings. The molecule has 0 unspecified atom stereocenters. The highest BCUT2D eigenvalue weighted by atomic mass is 16.5. The molecule has 0 aliphatic carbocycles. The van der Waals surface area contributed by atoms with E-state index in [1.54, 1.807) is 7.11 Å². The van der Waals surface area contributed by atoms with Crippen LogP contribution in [0.15, 0.2) is 16.9 Å². The molecular formula is C18H30N4O4. The van der Waals surface area contributed by atoms with E-state index in [2.05, 4.69) is 29.2 Å². The number of methoxy groups -OCH3 is 1. The molecule has 8 nitrogen and oxygen atoms in total. The summed E-state index contributed by atoms with van der Waals surface area (Å²) in [6.45, 7) is 8.83. The van der Waals surface area contributed by atoms with Gasteiger partial charge < -0.3 is 14.8 Å². The zero-order valence-electron chi connectivity index (χ0n) is 15.9. The maximum absolute atomic E-state index is 12.5. The summed E-state index contributed by atoms with van der Waals surface area (Å²) in [6.07, 6.45) is 1.00. The Balaban J connectivity index is 1.99. The Hall–Kier alpha value is -1.77. The summed E-state index contributed by atoms with van der Waals surface area (Å²) in [7, 11) is 1.56. The SMILES string of the molecule is COCCn1nc(C(=O)NC[C@H](CC(C)C)N2CCOCC2)ccc1=O. The third-order valence-electron chi connectivity index (χ3n) is 4.41. The number of aromatic nitrogens is 2. The van der Waals surface area contributed by atoms with Crippen LogP contribution in [-0.4, -0.2) is 73.2 Å². The molecule has 8 heteroatoms. The first-order valence-corrected chi connectivity index (χ1v) is 9.18. The molecule has 0 bridgehead atoms. The van der Waals surface area contributed by atoms with Crippen molar-refractivity contribution in [1.82, 2.24) is 20.0 Å². The molecule has 1 aromatic heterocycles. The summed E-state index contributed by atoms with van der Waals surface area (Å²) in [5, 5.41) is 7.11. The van der Waals surface area contributed by atoms with E-state index in [-0.39, 0.29) is 23.2 Å². The summed E-state index contributed by atoms with van der Waals surface area (Å²) in [5.74, 6) is 0.270. The Bertz CT molecular complexity index is 626. The fourth-order valence-corrected chi connectivity index (χ4v) is 3.06. The zero-order valence-corrected chi connectivity index (χ0v) is 15.9. The second kappa shape index (κ2) is 10.4. The number of carbonyl (C=O) groups is 1. The Morgan fingerprint density at radius 2 is 2.08 bits per heavy atom. The van der Waals surface area contributed by atoms with Crippen molar-refractivity contribution in [3.8, 4) is 0 Å². The van der Waals surface area contributed by atoms with Gasteiger partial charge in [0, 0.05) is 38.9 Å². The van der Waals surface area contributed by atoms with E-state index in [1.807, 2.05) is 0 Å². The molecular weight excluding hydrogens is 336 g/mol. The molecule has 2 rings (SSSR count). The molecule has 1 fully saturated rings. The molecule has 0 aromatic carbocycles. The number of nitrogens with one attached hydrogen (secondary N) is 1. The fourth-order valence-electron chi connectivity index (χ4n) is 3.06. The monoisotopic (exact) mass is 366 g/mol. The average molecular weight is 366 g/mol. The van der Waals surface area contributed by atoms with Gasteiger partial charge in [-0.2, -0.15) is 5.10 Å². The van der Waals surface area contributed by atoms with Gasteiger partial charge in [-0.3, -0.25) is 14.5 Å². The lowest BCUT2D eigenvalue weighted by Gasteiger charge is -2.35. The van der Waals surface area contributed by atoms with Crippen LogP contribution in [0.2, 0.25) is 0 Å². The molecule has 1 atom stereocenters. The van der Waals surface area contributed by atoms with Crippen molar-refractivity contribution in [3.63, 3.8) is 0 Å². The Morgan fingerprint density at radius 3 is 2.73 bits per heavy atom. The van der Waals surface area contributed by atoms with E-state index in [1.165, 1.54) is 16.8 Å². The van der Waals surface area contributed by atoms with Crippen molar-refractivity contribution >= 4 is 5.91 Å². The van der Waals surface area contributed by atoms with Gasteiger partial charge in [-0.05, 0) is 18.4 Å². The smallest absolute Gasteiger partial charge is 0.271 e. The molecule has 0 saturated carbocycles. The van der Waals surface area contributed by atoms with Crippen molar-refractivity contribution in [3.05, 3.63) is 28.2 Å². The van der Waals surface area contributed by atoms with E-state index in [9.17, 15) is 9.59 Å². The van der Waals surface area contributed by atoms with Crippen LogP contribution in [0.25, 0.3) is 0 Å². The number of amides is 1. The minimum Gasteiger partial charge on any atom is -0.383 e. The van der Waals surface area contributed by atoms with Crippen LogP contribution >= 0.6 is 0 Å². The summed E-state index contributed by atoms with van der Waals surface area (Å²) in [4.78, 5) is 26.7. The molecule has 1 N–H and O–H groups in total. The van der Waals surface area contributed by atoms with Gasteiger partial charge in [0.2, 0.25) is 0 Å². The molecule has 2 heterocycles. The summed E-state index contributed by atoms with van der Waals surface area (Å²) in [6, 6.07) is 3.10. The quantitative estimate of drug-likeness (QED) is 0.679. The van der Waals surface area contributed by atoms with Gasteiger partial charge in [-0.1, -0.05) is 13.8 Å². The lowest BCUT2D eigenvalue weighted by atomic mass is 10.0. The summed E-state index contributed by atoms with van der Waals surface area (Å²) < 4.78 is 11.6. The molecule has 1 aliphatic rings. The van der Waals surface area contributed by atoms with Crippen LogP contribution in [-0.2, 0) is 16.0 Å². The first-order chi connectivity index (χ1) is 12.5. The fraction of sp³-hybridized carbons (Fsp3) is 0.722. The highest BCUT2D eigenvalue weighted by Gasteiger charge is 2.23. The maximum atomic E-state index is 12.5. The van der Waals surface area contributed by atoms with E-state index < -0.39 is 0 Å². The predicted molar refractivity (Wildman–Crippen MR) is 98.3 cm³/mol. The van der Waals surface area contributed by atoms with Gasteiger partial charge in [0.25, 0.3) is 11.5 Å². The van der Waals surface area contributed by atoms with Gasteiger partial charge in [0.15, 0.2) is 0 Å². The van der Waals surface area contributed by atoms with Crippen LogP contribution < -0.4 is 10.9 Å². The van der Waals surface area contributed by atoms with E-state index in [4.69, 9.17) is 9.47 Å². The first-order valence-electron chi connectivity index (χ1n) is 9.18. The van der Waals surface area contributed by atoms with Crippen molar-refractivity contribution < 1.29 is 14.3 Å². The van der Waals surface area contributed by atoms with E-state index >= 15 is 0 Å². The van der Waals surface area contributed by atoms with E-state index in [0.29, 0.717) is 25.6 Å². The molecule has 1 saturated heterocycles. The summed E-state index contributed by atoms with van der Waals surface area (Å²) >= 11 is 0.